The third-order valence-corrected chi connectivity index (χ3v) is 7.96. The van der Waals surface area contributed by atoms with Crippen LogP contribution in [-0.4, -0.2) is 53.7 Å². The molecule has 0 N–H and O–H groups in total. The number of ether oxygens (including phenoxy) is 1. The maximum atomic E-state index is 12.2. The van der Waals surface area contributed by atoms with Crippen LogP contribution >= 0.6 is 0 Å². The predicted octanol–water partition coefficient (Wildman–Crippen LogP) is 4.60. The van der Waals surface area contributed by atoms with E-state index in [0.717, 1.165) is 86.1 Å². The van der Waals surface area contributed by atoms with Crippen LogP contribution in [0.1, 0.15) is 68.8 Å². The minimum atomic E-state index is 0.242. The number of likely N-dealkylation sites (tertiary alicyclic amines) is 1. The first-order chi connectivity index (χ1) is 16.5. The Bertz CT molecular complexity index is 992. The summed E-state index contributed by atoms with van der Waals surface area (Å²) in [6.45, 7) is 10.9. The van der Waals surface area contributed by atoms with Crippen LogP contribution in [0.2, 0.25) is 0 Å². The van der Waals surface area contributed by atoms with E-state index in [0.29, 0.717) is 18.4 Å². The molecule has 3 fully saturated rings. The molecular weight excluding hydrogens is 428 g/mol. The van der Waals surface area contributed by atoms with Crippen LogP contribution in [0.5, 0.6) is 5.75 Å². The first-order valence-electron chi connectivity index (χ1n) is 13.1. The monoisotopic (exact) mass is 466 g/mol. The van der Waals surface area contributed by atoms with Gasteiger partial charge in [0.2, 0.25) is 5.91 Å². The van der Waals surface area contributed by atoms with Gasteiger partial charge in [-0.15, -0.1) is 0 Å². The fourth-order valence-electron chi connectivity index (χ4n) is 5.41. The van der Waals surface area contributed by atoms with E-state index in [-0.39, 0.29) is 5.91 Å². The molecule has 2 aliphatic heterocycles. The molecule has 7 nitrogen and oxygen atoms in total. The second-order valence-corrected chi connectivity index (χ2v) is 10.7. The van der Waals surface area contributed by atoms with Gasteiger partial charge in [-0.2, -0.15) is 4.98 Å². The van der Waals surface area contributed by atoms with Crippen molar-refractivity contribution in [3.63, 3.8) is 0 Å². The number of aromatic nitrogens is 2. The SMILES string of the molecule is Cc1cc(OCCC2CC2C2CCN(c3nc(C(C)C)no3)CC2)ccc1CC(=O)N1CCC1. The van der Waals surface area contributed by atoms with Crippen molar-refractivity contribution in [1.82, 2.24) is 15.0 Å². The Morgan fingerprint density at radius 1 is 1.21 bits per heavy atom. The molecule has 5 rings (SSSR count). The van der Waals surface area contributed by atoms with Gasteiger partial charge in [0.1, 0.15) is 5.75 Å². The molecule has 7 heteroatoms. The summed E-state index contributed by atoms with van der Waals surface area (Å²) in [5.41, 5.74) is 2.25. The van der Waals surface area contributed by atoms with Crippen molar-refractivity contribution < 1.29 is 14.1 Å². The molecule has 34 heavy (non-hydrogen) atoms. The van der Waals surface area contributed by atoms with Gasteiger partial charge in [-0.25, -0.2) is 0 Å². The highest BCUT2D eigenvalue weighted by molar-refractivity contribution is 5.79. The predicted molar refractivity (Wildman–Crippen MR) is 131 cm³/mol. The Kier molecular flexibility index (Phi) is 6.79. The number of hydrogen-bond acceptors (Lipinski definition) is 6. The lowest BCUT2D eigenvalue weighted by molar-refractivity contribution is -0.133. The van der Waals surface area contributed by atoms with Crippen molar-refractivity contribution in [2.75, 3.05) is 37.7 Å². The quantitative estimate of drug-likeness (QED) is 0.538. The van der Waals surface area contributed by atoms with E-state index >= 15 is 0 Å². The molecule has 2 saturated heterocycles. The van der Waals surface area contributed by atoms with Gasteiger partial charge in [-0.3, -0.25) is 4.79 Å². The van der Waals surface area contributed by atoms with Crippen molar-refractivity contribution >= 4 is 11.9 Å². The number of carbonyl (C=O) groups excluding carboxylic acids is 1. The summed E-state index contributed by atoms with van der Waals surface area (Å²) in [4.78, 5) is 21.0. The summed E-state index contributed by atoms with van der Waals surface area (Å²) in [6, 6.07) is 6.85. The van der Waals surface area contributed by atoms with Crippen LogP contribution < -0.4 is 9.64 Å². The molecule has 3 heterocycles. The third kappa shape index (κ3) is 5.23. The first-order valence-corrected chi connectivity index (χ1v) is 13.1. The summed E-state index contributed by atoms with van der Waals surface area (Å²) in [6.07, 6.45) is 6.51. The van der Waals surface area contributed by atoms with E-state index in [2.05, 4.69) is 47.9 Å². The van der Waals surface area contributed by atoms with Gasteiger partial charge in [-0.05, 0) is 80.0 Å². The number of hydrogen-bond donors (Lipinski definition) is 0. The Hall–Kier alpha value is -2.57. The second-order valence-electron chi connectivity index (χ2n) is 10.7. The van der Waals surface area contributed by atoms with E-state index in [1.807, 2.05) is 11.0 Å². The highest BCUT2D eigenvalue weighted by Gasteiger charge is 2.43. The van der Waals surface area contributed by atoms with Gasteiger partial charge < -0.3 is 19.1 Å². The molecular formula is C27H38N4O3. The minimum absolute atomic E-state index is 0.242. The molecule has 184 valence electrons. The van der Waals surface area contributed by atoms with Gasteiger partial charge in [0.25, 0.3) is 0 Å². The molecule has 1 aliphatic carbocycles. The lowest BCUT2D eigenvalue weighted by Crippen LogP contribution is -2.42. The van der Waals surface area contributed by atoms with Gasteiger partial charge in [0.15, 0.2) is 5.82 Å². The Morgan fingerprint density at radius 3 is 2.65 bits per heavy atom. The average Bonchev–Trinajstić information content (AvgIpc) is 3.37. The van der Waals surface area contributed by atoms with Crippen LogP contribution in [0.4, 0.5) is 6.01 Å². The highest BCUT2D eigenvalue weighted by atomic mass is 16.5. The molecule has 1 saturated carbocycles. The molecule has 3 aliphatic rings. The highest BCUT2D eigenvalue weighted by Crippen LogP contribution is 2.50. The topological polar surface area (TPSA) is 71.7 Å². The first kappa shape index (κ1) is 23.2. The molecule has 1 aromatic heterocycles. The van der Waals surface area contributed by atoms with Crippen molar-refractivity contribution in [2.24, 2.45) is 17.8 Å². The number of piperidine rings is 1. The smallest absolute Gasteiger partial charge is 0.324 e. The van der Waals surface area contributed by atoms with Crippen LogP contribution in [0.25, 0.3) is 0 Å². The minimum Gasteiger partial charge on any atom is -0.494 e. The van der Waals surface area contributed by atoms with Gasteiger partial charge in [0, 0.05) is 32.1 Å². The van der Waals surface area contributed by atoms with Gasteiger partial charge in [0.05, 0.1) is 13.0 Å². The normalized spacial score (nSPS) is 22.7. The second kappa shape index (κ2) is 9.96. The number of aryl methyl sites for hydroxylation is 1. The fourth-order valence-corrected chi connectivity index (χ4v) is 5.41. The number of anilines is 1. The average molecular weight is 467 g/mol. The zero-order chi connectivity index (χ0) is 23.7. The Morgan fingerprint density at radius 2 is 2.00 bits per heavy atom. The lowest BCUT2D eigenvalue weighted by Gasteiger charge is -2.31. The fraction of sp³-hybridized carbons (Fsp3) is 0.667. The van der Waals surface area contributed by atoms with Crippen molar-refractivity contribution in [3.8, 4) is 5.75 Å². The zero-order valence-corrected chi connectivity index (χ0v) is 20.8. The maximum Gasteiger partial charge on any atom is 0.324 e. The van der Waals surface area contributed by atoms with E-state index in [1.54, 1.807) is 0 Å². The summed E-state index contributed by atoms with van der Waals surface area (Å²) < 4.78 is 11.6. The largest absolute Gasteiger partial charge is 0.494 e. The van der Waals surface area contributed by atoms with Gasteiger partial charge in [-0.1, -0.05) is 25.1 Å². The van der Waals surface area contributed by atoms with Gasteiger partial charge >= 0.3 is 6.01 Å². The summed E-state index contributed by atoms with van der Waals surface area (Å²) in [5, 5.41) is 4.11. The van der Waals surface area contributed by atoms with E-state index < -0.39 is 0 Å². The van der Waals surface area contributed by atoms with E-state index in [4.69, 9.17) is 9.26 Å². The molecule has 2 unspecified atom stereocenters. The van der Waals surface area contributed by atoms with E-state index in [1.165, 1.54) is 19.3 Å². The molecule has 1 aromatic carbocycles. The Balaban J connectivity index is 1.02. The van der Waals surface area contributed by atoms with Crippen LogP contribution in [0.15, 0.2) is 22.7 Å². The maximum absolute atomic E-state index is 12.2. The number of nitrogens with zero attached hydrogens (tertiary/aromatic N) is 4. The molecule has 2 aromatic rings. The van der Waals surface area contributed by atoms with Crippen LogP contribution in [0, 0.1) is 24.7 Å². The van der Waals surface area contributed by atoms with Crippen molar-refractivity contribution in [1.29, 1.82) is 0 Å². The standard InChI is InChI=1S/C27H38N4O3/c1-18(2)26-28-27(34-29-26)31-12-7-20(8-13-31)24-16-22(24)9-14-33-23-6-5-21(19(3)15-23)17-25(32)30-10-4-11-30/h5-6,15,18,20,22,24H,4,7-14,16-17H2,1-3H3. The number of carbonyl (C=O) groups is 1. The number of rotatable bonds is 9. The van der Waals surface area contributed by atoms with Crippen LogP contribution in [-0.2, 0) is 11.2 Å². The zero-order valence-electron chi connectivity index (χ0n) is 20.8. The molecule has 0 radical (unpaired) electrons. The number of benzene rings is 1. The van der Waals surface area contributed by atoms with Crippen molar-refractivity contribution in [2.45, 2.75) is 65.2 Å². The van der Waals surface area contributed by atoms with E-state index in [9.17, 15) is 4.79 Å². The molecule has 2 atom stereocenters. The number of amides is 1. The summed E-state index contributed by atoms with van der Waals surface area (Å²) in [5.74, 6) is 4.70. The van der Waals surface area contributed by atoms with Crippen molar-refractivity contribution in [3.05, 3.63) is 35.2 Å². The lowest BCUT2D eigenvalue weighted by atomic mass is 9.90. The summed E-state index contributed by atoms with van der Waals surface area (Å²) >= 11 is 0. The Labute approximate surface area is 202 Å². The summed E-state index contributed by atoms with van der Waals surface area (Å²) in [7, 11) is 0. The molecule has 1 amide bonds. The van der Waals surface area contributed by atoms with Crippen LogP contribution in [0.3, 0.4) is 0 Å². The molecule has 0 bridgehead atoms. The third-order valence-electron chi connectivity index (χ3n) is 7.96. The molecule has 0 spiro atoms.